The number of benzene rings is 2. The molecule has 2 aromatic carbocycles. The van der Waals surface area contributed by atoms with Crippen molar-refractivity contribution in [2.24, 2.45) is 0 Å². The third kappa shape index (κ3) is 4.36. The smallest absolute Gasteiger partial charge is 0.278 e. The number of nitrogens with zero attached hydrogens (tertiary/aromatic N) is 1. The molecule has 0 aliphatic rings. The zero-order valence-electron chi connectivity index (χ0n) is 15.8. The van der Waals surface area contributed by atoms with Crippen LogP contribution in [0.1, 0.15) is 47.1 Å². The minimum atomic E-state index is -0.828. The maximum absolute atomic E-state index is 13.7. The van der Waals surface area contributed by atoms with E-state index in [-0.39, 0.29) is 18.1 Å². The molecule has 1 aromatic heterocycles. The summed E-state index contributed by atoms with van der Waals surface area (Å²) in [5, 5.41) is 6.54. The highest BCUT2D eigenvalue weighted by Gasteiger charge is 2.21. The Kier molecular flexibility index (Phi) is 5.73. The second-order valence-electron chi connectivity index (χ2n) is 6.66. The Morgan fingerprint density at radius 3 is 2.54 bits per heavy atom. The third-order valence-corrected chi connectivity index (χ3v) is 4.30. The molecule has 3 rings (SSSR count). The van der Waals surface area contributed by atoms with Crippen LogP contribution in [0.15, 0.2) is 47.0 Å². The molecule has 0 bridgehead atoms. The van der Waals surface area contributed by atoms with Crippen molar-refractivity contribution in [2.75, 3.05) is 5.32 Å². The van der Waals surface area contributed by atoms with Crippen molar-refractivity contribution in [3.8, 4) is 5.75 Å². The molecule has 1 N–H and O–H groups in total. The second-order valence-corrected chi connectivity index (χ2v) is 6.66. The van der Waals surface area contributed by atoms with Gasteiger partial charge in [-0.1, -0.05) is 31.1 Å². The zero-order valence-corrected chi connectivity index (χ0v) is 15.8. The first-order chi connectivity index (χ1) is 13.3. The van der Waals surface area contributed by atoms with E-state index in [4.69, 9.17) is 9.26 Å². The zero-order chi connectivity index (χ0) is 20.3. The summed E-state index contributed by atoms with van der Waals surface area (Å²) in [7, 11) is 0. The molecule has 0 radical (unpaired) electrons. The highest BCUT2D eigenvalue weighted by molar-refractivity contribution is 6.03. The van der Waals surface area contributed by atoms with E-state index in [9.17, 15) is 13.6 Å². The van der Waals surface area contributed by atoms with Gasteiger partial charge in [0.05, 0.1) is 5.56 Å². The largest absolute Gasteiger partial charge is 0.486 e. The van der Waals surface area contributed by atoms with E-state index >= 15 is 0 Å². The molecule has 0 saturated carbocycles. The van der Waals surface area contributed by atoms with Gasteiger partial charge in [0.2, 0.25) is 0 Å². The lowest BCUT2D eigenvalue weighted by Gasteiger charge is -2.09. The first kappa shape index (κ1) is 19.5. The highest BCUT2D eigenvalue weighted by Crippen LogP contribution is 2.23. The van der Waals surface area contributed by atoms with Crippen LogP contribution < -0.4 is 10.1 Å². The quantitative estimate of drug-likeness (QED) is 0.631. The minimum Gasteiger partial charge on any atom is -0.486 e. The molecule has 1 amide bonds. The molecule has 3 aromatic rings. The Balaban J connectivity index is 1.73. The third-order valence-electron chi connectivity index (χ3n) is 4.30. The number of ether oxygens (including phenoxy) is 1. The first-order valence-electron chi connectivity index (χ1n) is 8.79. The number of aromatic nitrogens is 1. The van der Waals surface area contributed by atoms with Crippen molar-refractivity contribution in [1.29, 1.82) is 0 Å². The van der Waals surface area contributed by atoms with Crippen LogP contribution in [0.3, 0.4) is 0 Å². The van der Waals surface area contributed by atoms with Crippen LogP contribution in [0.2, 0.25) is 0 Å². The van der Waals surface area contributed by atoms with Crippen LogP contribution >= 0.6 is 0 Å². The van der Waals surface area contributed by atoms with E-state index in [1.807, 2.05) is 24.3 Å². The van der Waals surface area contributed by atoms with E-state index in [0.29, 0.717) is 22.9 Å². The Morgan fingerprint density at radius 1 is 1.18 bits per heavy atom. The average Bonchev–Trinajstić information content (AvgIpc) is 3.02. The van der Waals surface area contributed by atoms with Crippen LogP contribution in [-0.4, -0.2) is 11.1 Å². The lowest BCUT2D eigenvalue weighted by atomic mass is 10.0. The molecule has 0 aliphatic carbocycles. The van der Waals surface area contributed by atoms with Gasteiger partial charge >= 0.3 is 0 Å². The number of anilines is 1. The minimum absolute atomic E-state index is 0.0490. The monoisotopic (exact) mass is 386 g/mol. The number of rotatable bonds is 6. The summed E-state index contributed by atoms with van der Waals surface area (Å²) in [6.45, 7) is 5.65. The number of nitrogens with one attached hydrogen (secondary N) is 1. The SMILES string of the molecule is Cc1onc(C(=O)Nc2ccc(C(C)C)cc2)c1COc1ccc(F)cc1F. The van der Waals surface area contributed by atoms with Crippen molar-refractivity contribution in [3.63, 3.8) is 0 Å². The fourth-order valence-corrected chi connectivity index (χ4v) is 2.62. The van der Waals surface area contributed by atoms with Crippen LogP contribution in [-0.2, 0) is 6.61 Å². The van der Waals surface area contributed by atoms with E-state index in [1.165, 1.54) is 6.07 Å². The van der Waals surface area contributed by atoms with Gasteiger partial charge in [0, 0.05) is 11.8 Å². The van der Waals surface area contributed by atoms with E-state index < -0.39 is 17.5 Å². The van der Waals surface area contributed by atoms with Gasteiger partial charge < -0.3 is 14.6 Å². The maximum Gasteiger partial charge on any atom is 0.278 e. The molecule has 146 valence electrons. The van der Waals surface area contributed by atoms with Crippen molar-refractivity contribution < 1.29 is 22.8 Å². The summed E-state index contributed by atoms with van der Waals surface area (Å²) in [4.78, 5) is 12.6. The Bertz CT molecular complexity index is 982. The standard InChI is InChI=1S/C21H20F2N2O3/c1-12(2)14-4-7-16(8-5-14)24-21(26)20-17(13(3)28-25-20)11-27-19-9-6-15(22)10-18(19)23/h4-10,12H,11H2,1-3H3,(H,24,26). The van der Waals surface area contributed by atoms with Gasteiger partial charge in [-0.25, -0.2) is 8.78 Å². The Labute approximate surface area is 161 Å². The molecule has 0 aliphatic heterocycles. The molecule has 28 heavy (non-hydrogen) atoms. The van der Waals surface area contributed by atoms with Gasteiger partial charge in [-0.15, -0.1) is 0 Å². The van der Waals surface area contributed by atoms with E-state index in [2.05, 4.69) is 24.3 Å². The molecular formula is C21H20F2N2O3. The van der Waals surface area contributed by atoms with Gasteiger partial charge in [-0.2, -0.15) is 0 Å². The molecule has 1 heterocycles. The molecule has 0 spiro atoms. The van der Waals surface area contributed by atoms with Crippen molar-refractivity contribution >= 4 is 11.6 Å². The fourth-order valence-electron chi connectivity index (χ4n) is 2.62. The highest BCUT2D eigenvalue weighted by atomic mass is 19.1. The fraction of sp³-hybridized carbons (Fsp3) is 0.238. The summed E-state index contributed by atoms with van der Waals surface area (Å²) < 4.78 is 37.2. The molecule has 0 fully saturated rings. The van der Waals surface area contributed by atoms with Crippen LogP contribution in [0, 0.1) is 18.6 Å². The first-order valence-corrected chi connectivity index (χ1v) is 8.79. The molecule has 0 unspecified atom stereocenters. The van der Waals surface area contributed by atoms with Crippen molar-refractivity contribution in [3.05, 3.63) is 76.7 Å². The van der Waals surface area contributed by atoms with Crippen LogP contribution in [0.5, 0.6) is 5.75 Å². The van der Waals surface area contributed by atoms with E-state index in [1.54, 1.807) is 6.92 Å². The topological polar surface area (TPSA) is 64.4 Å². The second kappa shape index (κ2) is 8.21. The Morgan fingerprint density at radius 2 is 1.89 bits per heavy atom. The van der Waals surface area contributed by atoms with Crippen LogP contribution in [0.25, 0.3) is 0 Å². The van der Waals surface area contributed by atoms with Crippen LogP contribution in [0.4, 0.5) is 14.5 Å². The predicted octanol–water partition coefficient (Wildman–Crippen LogP) is 5.22. The summed E-state index contributed by atoms with van der Waals surface area (Å²) in [5.41, 5.74) is 2.21. The number of carbonyl (C=O) groups is 1. The summed E-state index contributed by atoms with van der Waals surface area (Å²) in [6, 6.07) is 10.5. The molecule has 5 nitrogen and oxygen atoms in total. The lowest BCUT2D eigenvalue weighted by molar-refractivity contribution is 0.101. The average molecular weight is 386 g/mol. The van der Waals surface area contributed by atoms with Gasteiger partial charge in [0.15, 0.2) is 17.3 Å². The molecule has 0 atom stereocenters. The molecular weight excluding hydrogens is 366 g/mol. The van der Waals surface area contributed by atoms with Gasteiger partial charge in [0.25, 0.3) is 5.91 Å². The van der Waals surface area contributed by atoms with Gasteiger partial charge in [-0.05, 0) is 42.7 Å². The Hall–Kier alpha value is -3.22. The van der Waals surface area contributed by atoms with Gasteiger partial charge in [-0.3, -0.25) is 4.79 Å². The molecule has 7 heteroatoms. The number of carbonyl (C=O) groups excluding carboxylic acids is 1. The number of amides is 1. The van der Waals surface area contributed by atoms with Crippen molar-refractivity contribution in [1.82, 2.24) is 5.16 Å². The number of hydrogen-bond donors (Lipinski definition) is 1. The molecule has 0 saturated heterocycles. The lowest BCUT2D eigenvalue weighted by Crippen LogP contribution is -2.15. The predicted molar refractivity (Wildman–Crippen MR) is 100 cm³/mol. The maximum atomic E-state index is 13.7. The van der Waals surface area contributed by atoms with E-state index in [0.717, 1.165) is 17.7 Å². The number of aryl methyl sites for hydroxylation is 1. The van der Waals surface area contributed by atoms with Crippen molar-refractivity contribution in [2.45, 2.75) is 33.3 Å². The normalized spacial score (nSPS) is 10.9. The number of hydrogen-bond acceptors (Lipinski definition) is 4. The summed E-state index contributed by atoms with van der Waals surface area (Å²) >= 11 is 0. The van der Waals surface area contributed by atoms with Gasteiger partial charge in [0.1, 0.15) is 18.2 Å². The summed E-state index contributed by atoms with van der Waals surface area (Å²) in [5.74, 6) is -1.36. The number of halogens is 2. The summed E-state index contributed by atoms with van der Waals surface area (Å²) in [6.07, 6.45) is 0.